The van der Waals surface area contributed by atoms with Crippen LogP contribution in [0.4, 0.5) is 17.1 Å². The van der Waals surface area contributed by atoms with Crippen LogP contribution in [-0.2, 0) is 0 Å². The van der Waals surface area contributed by atoms with Gasteiger partial charge in [0.2, 0.25) is 0 Å². The first-order valence-corrected chi connectivity index (χ1v) is 16.9. The van der Waals surface area contributed by atoms with Crippen LogP contribution in [-0.4, -0.2) is 0 Å². The van der Waals surface area contributed by atoms with Crippen molar-refractivity contribution in [2.45, 2.75) is 0 Å². The van der Waals surface area contributed by atoms with Gasteiger partial charge in [-0.25, -0.2) is 0 Å². The zero-order chi connectivity index (χ0) is 37.2. The van der Waals surface area contributed by atoms with Crippen molar-refractivity contribution in [1.29, 1.82) is 0 Å². The summed E-state index contributed by atoms with van der Waals surface area (Å²) in [4.78, 5) is 1.81. The van der Waals surface area contributed by atoms with Gasteiger partial charge in [-0.2, -0.15) is 0 Å². The largest absolute Gasteiger partial charge is 0.456 e. The first-order valence-electron chi connectivity index (χ1n) is 18.9. The summed E-state index contributed by atoms with van der Waals surface area (Å²) in [6.45, 7) is 0. The molecule has 0 aliphatic rings. The molecule has 10 aromatic rings. The topological polar surface area (TPSA) is 29.5 Å². The second-order valence-electron chi connectivity index (χ2n) is 12.6. The zero-order valence-electron chi connectivity index (χ0n) is 31.4. The number of hydrogen-bond donors (Lipinski definition) is 0. The number of hydrogen-bond acceptors (Lipinski definition) is 3. The molecule has 2 aromatic heterocycles. The number of furan rings is 2. The van der Waals surface area contributed by atoms with Gasteiger partial charge in [-0.15, -0.1) is 0 Å². The van der Waals surface area contributed by atoms with Crippen molar-refractivity contribution in [2.75, 3.05) is 4.90 Å². The molecule has 0 amide bonds. The Bertz CT molecular complexity index is 2890. The van der Waals surface area contributed by atoms with Crippen LogP contribution in [0.1, 0.15) is 5.48 Å². The summed E-state index contributed by atoms with van der Waals surface area (Å²) in [6, 6.07) is 53.1. The van der Waals surface area contributed by atoms with Crippen molar-refractivity contribution in [3.05, 3.63) is 188 Å². The number of anilines is 3. The number of rotatable bonds is 6. The Morgan fingerprint density at radius 2 is 0.725 bits per heavy atom. The smallest absolute Gasteiger partial charge is 0.136 e. The van der Waals surface area contributed by atoms with E-state index in [9.17, 15) is 2.74 Å². The molecular weight excluding hydrogens is 623 g/mol. The van der Waals surface area contributed by atoms with Crippen LogP contribution in [0.15, 0.2) is 197 Å². The summed E-state index contributed by atoms with van der Waals surface area (Å²) >= 11 is 0. The lowest BCUT2D eigenvalue weighted by molar-refractivity contribution is 0.668. The minimum absolute atomic E-state index is 0.0984. The fraction of sp³-hybridized carbons (Fsp3) is 0. The predicted molar refractivity (Wildman–Crippen MR) is 212 cm³/mol. The molecular formula is C48H31NO2. The Labute approximate surface area is 300 Å². The third kappa shape index (κ3) is 5.15. The van der Waals surface area contributed by atoms with Gasteiger partial charge in [0.05, 0.1) is 5.48 Å². The van der Waals surface area contributed by atoms with E-state index in [1.807, 2.05) is 132 Å². The molecule has 8 aromatic carbocycles. The Morgan fingerprint density at radius 1 is 0.314 bits per heavy atom. The summed E-state index contributed by atoms with van der Waals surface area (Å²) in [6.07, 6.45) is 0. The quantitative estimate of drug-likeness (QED) is 0.178. The van der Waals surface area contributed by atoms with Crippen LogP contribution < -0.4 is 4.90 Å². The highest BCUT2D eigenvalue weighted by molar-refractivity contribution is 6.07. The van der Waals surface area contributed by atoms with Crippen LogP contribution in [0.25, 0.3) is 77.3 Å². The summed E-state index contributed by atoms with van der Waals surface area (Å²) < 4.78 is 49.1. The van der Waals surface area contributed by atoms with Crippen molar-refractivity contribution in [2.24, 2.45) is 0 Å². The summed E-state index contributed by atoms with van der Waals surface area (Å²) in [7, 11) is 0. The molecule has 0 spiro atoms. The van der Waals surface area contributed by atoms with Crippen molar-refractivity contribution in [3.8, 4) is 33.4 Å². The average molecular weight is 658 g/mol. The highest BCUT2D eigenvalue weighted by Crippen LogP contribution is 2.39. The van der Waals surface area contributed by atoms with Gasteiger partial charge >= 0.3 is 0 Å². The predicted octanol–water partition coefficient (Wildman–Crippen LogP) is 14.0. The molecule has 51 heavy (non-hydrogen) atoms. The molecule has 240 valence electrons. The molecule has 3 heteroatoms. The fourth-order valence-electron chi connectivity index (χ4n) is 6.99. The van der Waals surface area contributed by atoms with E-state index in [-0.39, 0.29) is 35.4 Å². The maximum absolute atomic E-state index is 9.30. The Morgan fingerprint density at radius 3 is 1.24 bits per heavy atom. The lowest BCUT2D eigenvalue weighted by atomic mass is 10.0. The molecule has 0 unspecified atom stereocenters. The van der Waals surface area contributed by atoms with Gasteiger partial charge in [-0.3, -0.25) is 0 Å². The lowest BCUT2D eigenvalue weighted by Gasteiger charge is -2.26. The molecule has 10 rings (SSSR count). The number of para-hydroxylation sites is 2. The molecule has 0 aliphatic heterocycles. The van der Waals surface area contributed by atoms with Crippen LogP contribution in [0.5, 0.6) is 0 Å². The van der Waals surface area contributed by atoms with E-state index in [1.165, 1.54) is 0 Å². The van der Waals surface area contributed by atoms with Gasteiger partial charge in [-0.1, -0.05) is 115 Å². The minimum Gasteiger partial charge on any atom is -0.456 e. The van der Waals surface area contributed by atoms with Gasteiger partial charge < -0.3 is 13.7 Å². The monoisotopic (exact) mass is 657 g/mol. The Kier molecular flexibility index (Phi) is 5.89. The third-order valence-corrected chi connectivity index (χ3v) is 9.57. The highest BCUT2D eigenvalue weighted by atomic mass is 16.3. The molecule has 2 heterocycles. The molecule has 0 bridgehead atoms. The van der Waals surface area contributed by atoms with Crippen LogP contribution in [0.3, 0.4) is 0 Å². The Balaban J connectivity index is 1.08. The normalized spacial score (nSPS) is 12.6. The minimum atomic E-state index is -0.126. The fourth-order valence-corrected chi connectivity index (χ4v) is 6.99. The maximum atomic E-state index is 9.30. The second kappa shape index (κ2) is 11.9. The van der Waals surface area contributed by atoms with Gasteiger partial charge in [-0.05, 0) is 106 Å². The maximum Gasteiger partial charge on any atom is 0.136 e. The van der Waals surface area contributed by atoms with Crippen molar-refractivity contribution in [3.63, 3.8) is 0 Å². The van der Waals surface area contributed by atoms with Crippen LogP contribution in [0.2, 0.25) is 0 Å². The molecule has 0 aliphatic carbocycles. The van der Waals surface area contributed by atoms with E-state index >= 15 is 0 Å². The van der Waals surface area contributed by atoms with Crippen LogP contribution >= 0.6 is 0 Å². The van der Waals surface area contributed by atoms with Gasteiger partial charge in [0.25, 0.3) is 0 Å². The van der Waals surface area contributed by atoms with Gasteiger partial charge in [0.15, 0.2) is 0 Å². The number of fused-ring (bicyclic) bond motifs is 6. The molecule has 0 atom stereocenters. The summed E-state index contributed by atoms with van der Waals surface area (Å²) in [5.41, 5.74) is 9.71. The first kappa shape index (κ1) is 25.2. The standard InChI is InChI=1S/C48H31NO2/c1-2-8-32(9-3-1)33-14-22-38(23-15-33)49(39-24-16-34(17-25-39)36-20-28-43-41-10-4-6-12-45(41)50-47(43)30-36)40-26-18-35(19-27-40)37-21-29-44-42-11-5-7-13-46(42)51-48(44)31-37/h1-31H/i14D,15D,22D,23D. The summed E-state index contributed by atoms with van der Waals surface area (Å²) in [5.74, 6) is 0. The van der Waals surface area contributed by atoms with Crippen molar-refractivity contribution >= 4 is 60.9 Å². The van der Waals surface area contributed by atoms with Crippen LogP contribution in [0, 0.1) is 0 Å². The van der Waals surface area contributed by atoms with E-state index in [2.05, 4.69) is 36.4 Å². The van der Waals surface area contributed by atoms with E-state index in [1.54, 1.807) is 0 Å². The van der Waals surface area contributed by atoms with Crippen molar-refractivity contribution < 1.29 is 14.3 Å². The number of benzene rings is 8. The van der Waals surface area contributed by atoms with E-state index in [0.29, 0.717) is 16.9 Å². The van der Waals surface area contributed by atoms with E-state index < -0.39 is 0 Å². The van der Waals surface area contributed by atoms with E-state index in [0.717, 1.165) is 66.1 Å². The highest BCUT2D eigenvalue weighted by Gasteiger charge is 2.15. The average Bonchev–Trinajstić information content (AvgIpc) is 3.80. The zero-order valence-corrected chi connectivity index (χ0v) is 27.4. The Hall–Kier alpha value is -6.84. The second-order valence-corrected chi connectivity index (χ2v) is 12.6. The molecule has 0 saturated carbocycles. The number of nitrogens with zero attached hydrogens (tertiary/aromatic N) is 1. The molecule has 0 N–H and O–H groups in total. The molecule has 0 fully saturated rings. The van der Waals surface area contributed by atoms with Gasteiger partial charge in [0, 0.05) is 38.6 Å². The van der Waals surface area contributed by atoms with Gasteiger partial charge in [0.1, 0.15) is 22.3 Å². The SMILES string of the molecule is [2H]c1c([2H])c(N(c2ccc(-c3ccc4c(c3)oc3ccccc34)cc2)c2ccc(-c3ccc4c(c3)oc3ccccc34)cc2)c([2H])c([2H])c1-c1ccccc1. The molecule has 0 saturated heterocycles. The van der Waals surface area contributed by atoms with E-state index in [4.69, 9.17) is 11.6 Å². The molecule has 3 nitrogen and oxygen atoms in total. The van der Waals surface area contributed by atoms with Crippen molar-refractivity contribution in [1.82, 2.24) is 0 Å². The first-order chi connectivity index (χ1) is 26.9. The lowest BCUT2D eigenvalue weighted by Crippen LogP contribution is -2.09. The summed E-state index contributed by atoms with van der Waals surface area (Å²) in [5, 5.41) is 4.28. The third-order valence-electron chi connectivity index (χ3n) is 9.57. The molecule has 0 radical (unpaired) electrons.